The fourth-order valence-electron chi connectivity index (χ4n) is 1.35. The van der Waals surface area contributed by atoms with Crippen LogP contribution in [0.2, 0.25) is 0 Å². The normalized spacial score (nSPS) is 11.8. The molecule has 2 rings (SSSR count). The number of hydrogen-bond donors (Lipinski definition) is 1. The van der Waals surface area contributed by atoms with Gasteiger partial charge in [-0.05, 0) is 6.07 Å². The third kappa shape index (κ3) is 1.93. The van der Waals surface area contributed by atoms with E-state index in [9.17, 15) is 18.0 Å². The van der Waals surface area contributed by atoms with E-state index in [1.54, 1.807) is 0 Å². The van der Waals surface area contributed by atoms with Crippen LogP contribution in [-0.2, 0) is 6.18 Å². The second-order valence-electron chi connectivity index (χ2n) is 3.21. The lowest BCUT2D eigenvalue weighted by Crippen LogP contribution is -2.19. The summed E-state index contributed by atoms with van der Waals surface area (Å²) in [5.41, 5.74) is -1.12. The summed E-state index contributed by atoms with van der Waals surface area (Å²) in [7, 11) is 1.37. The van der Waals surface area contributed by atoms with E-state index in [4.69, 9.17) is 0 Å². The molecule has 90 valence electrons. The Bertz CT molecular complexity index is 575. The molecule has 8 heteroatoms. The molecule has 1 amide bonds. The maximum Gasteiger partial charge on any atom is 0.433 e. The molecule has 2 aromatic rings. The molecule has 2 heterocycles. The van der Waals surface area contributed by atoms with Gasteiger partial charge < -0.3 is 5.32 Å². The highest BCUT2D eigenvalue weighted by Crippen LogP contribution is 2.28. The lowest BCUT2D eigenvalue weighted by Gasteiger charge is -2.07. The molecule has 17 heavy (non-hydrogen) atoms. The molecular formula is C9H7F3N4O. The third-order valence-corrected chi connectivity index (χ3v) is 2.11. The Kier molecular flexibility index (Phi) is 2.49. The number of aromatic nitrogens is 3. The molecule has 5 nitrogen and oxygen atoms in total. The van der Waals surface area contributed by atoms with Gasteiger partial charge in [0.25, 0.3) is 5.91 Å². The monoisotopic (exact) mass is 244 g/mol. The van der Waals surface area contributed by atoms with E-state index in [2.05, 4.69) is 15.4 Å². The van der Waals surface area contributed by atoms with E-state index in [1.165, 1.54) is 13.1 Å². The highest BCUT2D eigenvalue weighted by Gasteiger charge is 2.34. The summed E-state index contributed by atoms with van der Waals surface area (Å²) in [5, 5.41) is 5.85. The molecule has 0 fully saturated rings. The predicted octanol–water partition coefficient (Wildman–Crippen LogP) is 1.11. The van der Waals surface area contributed by atoms with Crippen LogP contribution in [-0.4, -0.2) is 27.6 Å². The molecule has 0 saturated carbocycles. The lowest BCUT2D eigenvalue weighted by atomic mass is 10.4. The number of amides is 1. The van der Waals surface area contributed by atoms with Crippen molar-refractivity contribution in [2.45, 2.75) is 6.18 Å². The van der Waals surface area contributed by atoms with Crippen LogP contribution in [0.3, 0.4) is 0 Å². The predicted molar refractivity (Wildman–Crippen MR) is 51.4 cm³/mol. The Morgan fingerprint density at radius 1 is 1.47 bits per heavy atom. The smallest absolute Gasteiger partial charge is 0.354 e. The second-order valence-corrected chi connectivity index (χ2v) is 3.21. The Hall–Kier alpha value is -2.12. The molecular weight excluding hydrogens is 237 g/mol. The third-order valence-electron chi connectivity index (χ3n) is 2.11. The summed E-state index contributed by atoms with van der Waals surface area (Å²) in [6.45, 7) is 0. The van der Waals surface area contributed by atoms with Crippen LogP contribution in [0, 0.1) is 0 Å². The number of nitrogens with zero attached hydrogens (tertiary/aromatic N) is 3. The van der Waals surface area contributed by atoms with Crippen LogP contribution >= 0.6 is 0 Å². The van der Waals surface area contributed by atoms with Crippen molar-refractivity contribution in [1.82, 2.24) is 19.9 Å². The van der Waals surface area contributed by atoms with E-state index in [-0.39, 0.29) is 11.3 Å². The summed E-state index contributed by atoms with van der Waals surface area (Å²) in [6, 6.07) is 1.99. The van der Waals surface area contributed by atoms with E-state index in [0.29, 0.717) is 4.52 Å². The van der Waals surface area contributed by atoms with E-state index in [0.717, 1.165) is 12.3 Å². The van der Waals surface area contributed by atoms with Gasteiger partial charge in [0.05, 0.1) is 0 Å². The maximum absolute atomic E-state index is 12.6. The lowest BCUT2D eigenvalue weighted by molar-refractivity contribution is -0.142. The molecule has 0 spiro atoms. The van der Waals surface area contributed by atoms with Crippen LogP contribution < -0.4 is 5.32 Å². The molecule has 2 aromatic heterocycles. The van der Waals surface area contributed by atoms with Crippen LogP contribution in [0.25, 0.3) is 5.65 Å². The Morgan fingerprint density at radius 3 is 2.76 bits per heavy atom. The van der Waals surface area contributed by atoms with Gasteiger partial charge in [-0.15, -0.1) is 0 Å². The Labute approximate surface area is 93.3 Å². The zero-order valence-corrected chi connectivity index (χ0v) is 8.62. The van der Waals surface area contributed by atoms with Crippen LogP contribution in [0.5, 0.6) is 0 Å². The molecule has 0 aromatic carbocycles. The SMILES string of the molecule is CNC(=O)c1cc2nccc(C(F)(F)F)n2n1. The molecule has 0 unspecified atom stereocenters. The van der Waals surface area contributed by atoms with Crippen molar-refractivity contribution in [2.75, 3.05) is 7.05 Å². The van der Waals surface area contributed by atoms with Crippen molar-refractivity contribution < 1.29 is 18.0 Å². The molecule has 0 saturated heterocycles. The minimum Gasteiger partial charge on any atom is -0.354 e. The number of halogens is 3. The number of carbonyl (C=O) groups excluding carboxylic acids is 1. The number of carbonyl (C=O) groups is 1. The Morgan fingerprint density at radius 2 is 2.18 bits per heavy atom. The van der Waals surface area contributed by atoms with E-state index < -0.39 is 17.8 Å². The first-order valence-electron chi connectivity index (χ1n) is 4.57. The average molecular weight is 244 g/mol. The molecule has 0 aliphatic heterocycles. The first kappa shape index (κ1) is 11.4. The van der Waals surface area contributed by atoms with Crippen molar-refractivity contribution in [3.05, 3.63) is 29.7 Å². The molecule has 0 atom stereocenters. The zero-order chi connectivity index (χ0) is 12.6. The van der Waals surface area contributed by atoms with Crippen molar-refractivity contribution >= 4 is 11.6 Å². The number of hydrogen-bond acceptors (Lipinski definition) is 3. The number of alkyl halides is 3. The van der Waals surface area contributed by atoms with Gasteiger partial charge in [0.2, 0.25) is 0 Å². The fraction of sp³-hybridized carbons (Fsp3) is 0.222. The maximum atomic E-state index is 12.6. The number of rotatable bonds is 1. The zero-order valence-electron chi connectivity index (χ0n) is 8.62. The van der Waals surface area contributed by atoms with Gasteiger partial charge in [-0.3, -0.25) is 4.79 Å². The van der Waals surface area contributed by atoms with Crippen molar-refractivity contribution in [2.24, 2.45) is 0 Å². The minimum absolute atomic E-state index is 0.0292. The summed E-state index contributed by atoms with van der Waals surface area (Å²) in [6.07, 6.45) is -3.53. The largest absolute Gasteiger partial charge is 0.433 e. The molecule has 0 aliphatic carbocycles. The molecule has 0 bridgehead atoms. The molecule has 1 N–H and O–H groups in total. The van der Waals surface area contributed by atoms with E-state index in [1.807, 2.05) is 0 Å². The quantitative estimate of drug-likeness (QED) is 0.817. The van der Waals surface area contributed by atoms with Gasteiger partial charge in [0, 0.05) is 19.3 Å². The van der Waals surface area contributed by atoms with Gasteiger partial charge >= 0.3 is 6.18 Å². The second kappa shape index (κ2) is 3.72. The standard InChI is InChI=1S/C9H7F3N4O/c1-13-8(17)5-4-7-14-3-2-6(9(10,11)12)16(7)15-5/h2-4H,1H3,(H,13,17). The average Bonchev–Trinajstić information content (AvgIpc) is 2.69. The minimum atomic E-state index is -4.55. The summed E-state index contributed by atoms with van der Waals surface area (Å²) in [4.78, 5) is 15.0. The highest BCUT2D eigenvalue weighted by molar-refractivity contribution is 5.93. The Balaban J connectivity index is 2.65. The van der Waals surface area contributed by atoms with Gasteiger partial charge in [-0.25, -0.2) is 9.50 Å². The van der Waals surface area contributed by atoms with Gasteiger partial charge in [-0.2, -0.15) is 18.3 Å². The summed E-state index contributed by atoms with van der Waals surface area (Å²) >= 11 is 0. The topological polar surface area (TPSA) is 59.3 Å². The van der Waals surface area contributed by atoms with Gasteiger partial charge in [0.1, 0.15) is 5.69 Å². The number of nitrogens with one attached hydrogen (secondary N) is 1. The van der Waals surface area contributed by atoms with Crippen molar-refractivity contribution in [3.8, 4) is 0 Å². The van der Waals surface area contributed by atoms with Gasteiger partial charge in [-0.1, -0.05) is 0 Å². The van der Waals surface area contributed by atoms with E-state index >= 15 is 0 Å². The van der Waals surface area contributed by atoms with Crippen molar-refractivity contribution in [3.63, 3.8) is 0 Å². The van der Waals surface area contributed by atoms with Crippen LogP contribution in [0.15, 0.2) is 18.3 Å². The molecule has 0 aliphatic rings. The first-order chi connectivity index (χ1) is 7.93. The summed E-state index contributed by atoms with van der Waals surface area (Å²) in [5.74, 6) is -0.566. The fourth-order valence-corrected chi connectivity index (χ4v) is 1.35. The summed E-state index contributed by atoms with van der Waals surface area (Å²) < 4.78 is 38.5. The van der Waals surface area contributed by atoms with Crippen LogP contribution in [0.1, 0.15) is 16.2 Å². The van der Waals surface area contributed by atoms with Crippen LogP contribution in [0.4, 0.5) is 13.2 Å². The van der Waals surface area contributed by atoms with Gasteiger partial charge in [0.15, 0.2) is 11.3 Å². The first-order valence-corrected chi connectivity index (χ1v) is 4.57. The van der Waals surface area contributed by atoms with Crippen molar-refractivity contribution in [1.29, 1.82) is 0 Å². The highest BCUT2D eigenvalue weighted by atomic mass is 19.4. The molecule has 0 radical (unpaired) electrons. The number of fused-ring (bicyclic) bond motifs is 1.